The number of amides is 1. The largest absolute Gasteiger partial charge is 0.496 e. The molecule has 1 heterocycles. The number of para-hydroxylation sites is 1. The maximum absolute atomic E-state index is 13.3. The molecule has 3 aromatic carbocycles. The van der Waals surface area contributed by atoms with Gasteiger partial charge in [0.15, 0.2) is 0 Å². The van der Waals surface area contributed by atoms with Crippen LogP contribution in [0, 0.1) is 6.92 Å². The normalized spacial score (nSPS) is 10.8. The van der Waals surface area contributed by atoms with E-state index in [2.05, 4.69) is 10.3 Å². The van der Waals surface area contributed by atoms with Gasteiger partial charge in [0.05, 0.1) is 35.6 Å². The number of benzene rings is 3. The van der Waals surface area contributed by atoms with Crippen molar-refractivity contribution in [2.24, 2.45) is 0 Å². The van der Waals surface area contributed by atoms with Crippen molar-refractivity contribution < 1.29 is 19.4 Å². The molecule has 34 heavy (non-hydrogen) atoms. The van der Waals surface area contributed by atoms with E-state index in [9.17, 15) is 19.5 Å². The van der Waals surface area contributed by atoms with Crippen LogP contribution in [0.1, 0.15) is 31.8 Å². The summed E-state index contributed by atoms with van der Waals surface area (Å²) in [6.07, 6.45) is 2.07. The minimum Gasteiger partial charge on any atom is -0.496 e. The molecule has 0 atom stereocenters. The lowest BCUT2D eigenvalue weighted by molar-refractivity contribution is 0.0695. The first-order valence-electron chi connectivity index (χ1n) is 10.6. The van der Waals surface area contributed by atoms with Crippen LogP contribution in [0.5, 0.6) is 5.75 Å². The molecule has 172 valence electrons. The van der Waals surface area contributed by atoms with Gasteiger partial charge in [0, 0.05) is 12.1 Å². The van der Waals surface area contributed by atoms with Crippen molar-refractivity contribution >= 4 is 28.5 Å². The molecule has 0 saturated heterocycles. The fourth-order valence-electron chi connectivity index (χ4n) is 3.85. The number of ether oxygens (including phenoxy) is 1. The van der Waals surface area contributed by atoms with E-state index in [-0.39, 0.29) is 11.1 Å². The topological polar surface area (TPSA) is 111 Å². The van der Waals surface area contributed by atoms with E-state index in [1.165, 1.54) is 29.1 Å². The molecule has 0 bridgehead atoms. The number of nitrogens with one attached hydrogen (secondary N) is 1. The van der Waals surface area contributed by atoms with Gasteiger partial charge in [-0.1, -0.05) is 24.3 Å². The first-order chi connectivity index (χ1) is 16.4. The highest BCUT2D eigenvalue weighted by molar-refractivity contribution is 6.09. The van der Waals surface area contributed by atoms with Gasteiger partial charge in [-0.25, -0.2) is 9.78 Å². The Bertz CT molecular complexity index is 1460. The Labute approximate surface area is 195 Å². The second-order valence-corrected chi connectivity index (χ2v) is 7.79. The van der Waals surface area contributed by atoms with Crippen LogP contribution in [0.2, 0.25) is 0 Å². The van der Waals surface area contributed by atoms with E-state index >= 15 is 0 Å². The number of hydrogen-bond acceptors (Lipinski definition) is 5. The van der Waals surface area contributed by atoms with Gasteiger partial charge in [-0.2, -0.15) is 0 Å². The average molecular weight is 457 g/mol. The van der Waals surface area contributed by atoms with Gasteiger partial charge < -0.3 is 15.2 Å². The summed E-state index contributed by atoms with van der Waals surface area (Å²) >= 11 is 0. The molecule has 0 spiro atoms. The van der Waals surface area contributed by atoms with Gasteiger partial charge in [-0.15, -0.1) is 0 Å². The molecule has 0 saturated carbocycles. The number of aromatic nitrogens is 2. The standard InChI is InChI=1S/C26H23N3O5/c1-16-14-18(10-11-19(16)26(32)33)24(30)28-21-8-5-7-20-23(21)25(31)29(15-27-20)13-12-17-6-3-4-9-22(17)34-2/h3-11,14-15H,12-13H2,1-2H3,(H,28,30)(H,32,33). The number of fused-ring (bicyclic) bond motifs is 1. The Kier molecular flexibility index (Phi) is 6.40. The number of nitrogens with zero attached hydrogens (tertiary/aromatic N) is 2. The zero-order valence-corrected chi connectivity index (χ0v) is 18.7. The number of rotatable bonds is 7. The molecule has 0 unspecified atom stereocenters. The smallest absolute Gasteiger partial charge is 0.335 e. The molecule has 0 aliphatic heterocycles. The maximum Gasteiger partial charge on any atom is 0.335 e. The number of carboxylic acid groups (broad SMARTS) is 1. The lowest BCUT2D eigenvalue weighted by Gasteiger charge is -2.12. The zero-order chi connectivity index (χ0) is 24.2. The van der Waals surface area contributed by atoms with Gasteiger partial charge in [0.1, 0.15) is 5.75 Å². The van der Waals surface area contributed by atoms with Crippen LogP contribution < -0.4 is 15.6 Å². The molecular weight excluding hydrogens is 434 g/mol. The maximum atomic E-state index is 13.3. The van der Waals surface area contributed by atoms with Gasteiger partial charge >= 0.3 is 5.97 Å². The molecule has 0 radical (unpaired) electrons. The van der Waals surface area contributed by atoms with Gasteiger partial charge in [0.2, 0.25) is 0 Å². The fraction of sp³-hybridized carbons (Fsp3) is 0.154. The number of carbonyl (C=O) groups excluding carboxylic acids is 1. The van der Waals surface area contributed by atoms with Crippen molar-refractivity contribution in [1.29, 1.82) is 0 Å². The number of aryl methyl sites for hydroxylation is 3. The van der Waals surface area contributed by atoms with Crippen molar-refractivity contribution in [3.8, 4) is 5.75 Å². The number of aromatic carboxylic acids is 1. The lowest BCUT2D eigenvalue weighted by atomic mass is 10.0. The second-order valence-electron chi connectivity index (χ2n) is 7.79. The Morgan fingerprint density at radius 2 is 1.88 bits per heavy atom. The summed E-state index contributed by atoms with van der Waals surface area (Å²) in [5.41, 5.74) is 2.40. The summed E-state index contributed by atoms with van der Waals surface area (Å²) in [4.78, 5) is 41.8. The van der Waals surface area contributed by atoms with E-state index in [1.807, 2.05) is 24.3 Å². The predicted molar refractivity (Wildman–Crippen MR) is 129 cm³/mol. The highest BCUT2D eigenvalue weighted by Crippen LogP contribution is 2.21. The minimum absolute atomic E-state index is 0.129. The average Bonchev–Trinajstić information content (AvgIpc) is 2.83. The highest BCUT2D eigenvalue weighted by atomic mass is 16.5. The Morgan fingerprint density at radius 3 is 2.62 bits per heavy atom. The molecule has 0 aliphatic rings. The number of methoxy groups -OCH3 is 1. The zero-order valence-electron chi connectivity index (χ0n) is 18.7. The van der Waals surface area contributed by atoms with Crippen LogP contribution in [0.15, 0.2) is 71.8 Å². The molecule has 4 aromatic rings. The van der Waals surface area contributed by atoms with Crippen molar-refractivity contribution in [3.05, 3.63) is 99.6 Å². The van der Waals surface area contributed by atoms with Gasteiger partial charge in [-0.3, -0.25) is 14.2 Å². The summed E-state index contributed by atoms with van der Waals surface area (Å²) in [5, 5.41) is 12.3. The summed E-state index contributed by atoms with van der Waals surface area (Å²) < 4.78 is 6.90. The summed E-state index contributed by atoms with van der Waals surface area (Å²) in [5.74, 6) is -0.754. The number of carbonyl (C=O) groups is 2. The van der Waals surface area contributed by atoms with Crippen molar-refractivity contribution in [3.63, 3.8) is 0 Å². The molecule has 2 N–H and O–H groups in total. The number of carboxylic acids is 1. The van der Waals surface area contributed by atoms with Gasteiger partial charge in [0.25, 0.3) is 11.5 Å². The molecule has 1 aromatic heterocycles. The van der Waals surface area contributed by atoms with E-state index in [0.717, 1.165) is 11.3 Å². The molecular formula is C26H23N3O5. The Balaban J connectivity index is 1.64. The monoisotopic (exact) mass is 457 g/mol. The molecule has 4 rings (SSSR count). The Morgan fingerprint density at radius 1 is 1.09 bits per heavy atom. The third-order valence-electron chi connectivity index (χ3n) is 5.64. The third-order valence-corrected chi connectivity index (χ3v) is 5.64. The van der Waals surface area contributed by atoms with Crippen LogP contribution in [0.25, 0.3) is 10.9 Å². The molecule has 0 fully saturated rings. The van der Waals surface area contributed by atoms with E-state index in [1.54, 1.807) is 32.2 Å². The van der Waals surface area contributed by atoms with E-state index in [0.29, 0.717) is 40.7 Å². The van der Waals surface area contributed by atoms with Gasteiger partial charge in [-0.05, 0) is 60.9 Å². The first kappa shape index (κ1) is 22.7. The van der Waals surface area contributed by atoms with Crippen molar-refractivity contribution in [2.75, 3.05) is 12.4 Å². The Hall–Kier alpha value is -4.46. The van der Waals surface area contributed by atoms with Crippen LogP contribution in [0.3, 0.4) is 0 Å². The van der Waals surface area contributed by atoms with Crippen LogP contribution >= 0.6 is 0 Å². The SMILES string of the molecule is COc1ccccc1CCn1cnc2cccc(NC(=O)c3ccc(C(=O)O)c(C)c3)c2c1=O. The third kappa shape index (κ3) is 4.52. The van der Waals surface area contributed by atoms with E-state index < -0.39 is 11.9 Å². The molecule has 8 nitrogen and oxygen atoms in total. The number of hydrogen-bond donors (Lipinski definition) is 2. The summed E-state index contributed by atoms with van der Waals surface area (Å²) in [6, 6.07) is 17.0. The van der Waals surface area contributed by atoms with Crippen molar-refractivity contribution in [1.82, 2.24) is 9.55 Å². The lowest BCUT2D eigenvalue weighted by Crippen LogP contribution is -2.23. The van der Waals surface area contributed by atoms with Crippen LogP contribution in [0.4, 0.5) is 5.69 Å². The van der Waals surface area contributed by atoms with E-state index in [4.69, 9.17) is 4.74 Å². The van der Waals surface area contributed by atoms with Crippen LogP contribution in [-0.2, 0) is 13.0 Å². The highest BCUT2D eigenvalue weighted by Gasteiger charge is 2.15. The molecule has 8 heteroatoms. The van der Waals surface area contributed by atoms with Crippen molar-refractivity contribution in [2.45, 2.75) is 19.9 Å². The predicted octanol–water partition coefficient (Wildman–Crippen LogP) is 3.91. The minimum atomic E-state index is -1.06. The quantitative estimate of drug-likeness (QED) is 0.435. The summed E-state index contributed by atoms with van der Waals surface area (Å²) in [7, 11) is 1.61. The fourth-order valence-corrected chi connectivity index (χ4v) is 3.85. The summed E-state index contributed by atoms with van der Waals surface area (Å²) in [6.45, 7) is 2.02. The molecule has 1 amide bonds. The number of anilines is 1. The van der Waals surface area contributed by atoms with Crippen LogP contribution in [-0.4, -0.2) is 33.6 Å². The second kappa shape index (κ2) is 9.58. The molecule has 0 aliphatic carbocycles. The first-order valence-corrected chi connectivity index (χ1v) is 10.6.